The van der Waals surface area contributed by atoms with Gasteiger partial charge in [-0.3, -0.25) is 4.98 Å². The predicted molar refractivity (Wildman–Crippen MR) is 75.9 cm³/mol. The average Bonchev–Trinajstić information content (AvgIpc) is 2.67. The Morgan fingerprint density at radius 3 is 2.80 bits per heavy atom. The number of hydrogen-bond donors (Lipinski definition) is 3. The number of anilines is 3. The van der Waals surface area contributed by atoms with Crippen LogP contribution in [0.5, 0.6) is 0 Å². The van der Waals surface area contributed by atoms with Crippen molar-refractivity contribution < 1.29 is 8.81 Å². The van der Waals surface area contributed by atoms with Crippen LogP contribution in [0.15, 0.2) is 39.5 Å². The van der Waals surface area contributed by atoms with Crippen molar-refractivity contribution in [2.24, 2.45) is 0 Å². The van der Waals surface area contributed by atoms with E-state index >= 15 is 0 Å². The van der Waals surface area contributed by atoms with Crippen molar-refractivity contribution in [2.75, 3.05) is 11.1 Å². The van der Waals surface area contributed by atoms with E-state index in [2.05, 4.69) is 10.3 Å². The smallest absolute Gasteiger partial charge is 0.408 e. The molecular formula is C13H9ClFN3O2. The van der Waals surface area contributed by atoms with Crippen molar-refractivity contribution in [3.05, 3.63) is 51.7 Å². The summed E-state index contributed by atoms with van der Waals surface area (Å²) in [6.07, 6.45) is 0. The number of nitrogens with two attached hydrogens (primary N) is 1. The summed E-state index contributed by atoms with van der Waals surface area (Å²) >= 11 is 5.78. The molecule has 4 N–H and O–H groups in total. The minimum absolute atomic E-state index is 0.267. The zero-order chi connectivity index (χ0) is 14.3. The first-order chi connectivity index (χ1) is 9.51. The quantitative estimate of drug-likeness (QED) is 0.633. The molecule has 0 aliphatic rings. The molecule has 0 spiro atoms. The molecule has 3 rings (SSSR count). The molecule has 0 radical (unpaired) electrons. The van der Waals surface area contributed by atoms with Crippen LogP contribution in [0.1, 0.15) is 0 Å². The van der Waals surface area contributed by atoms with Gasteiger partial charge in [-0.05, 0) is 24.3 Å². The number of benzene rings is 2. The first-order valence-electron chi connectivity index (χ1n) is 5.67. The first kappa shape index (κ1) is 12.6. The lowest BCUT2D eigenvalue weighted by molar-refractivity contribution is 0.555. The fourth-order valence-electron chi connectivity index (χ4n) is 1.90. The molecule has 5 nitrogen and oxygen atoms in total. The highest BCUT2D eigenvalue weighted by atomic mass is 35.5. The zero-order valence-electron chi connectivity index (χ0n) is 10.0. The lowest BCUT2D eigenvalue weighted by Gasteiger charge is -2.09. The third kappa shape index (κ3) is 2.33. The van der Waals surface area contributed by atoms with E-state index < -0.39 is 11.6 Å². The molecule has 1 heterocycles. The Labute approximate surface area is 117 Å². The third-order valence-electron chi connectivity index (χ3n) is 2.73. The summed E-state index contributed by atoms with van der Waals surface area (Å²) in [5, 5.41) is 3.21. The molecule has 3 aromatic rings. The Balaban J connectivity index is 2.05. The third-order valence-corrected chi connectivity index (χ3v) is 2.95. The van der Waals surface area contributed by atoms with Crippen LogP contribution in [0.2, 0.25) is 5.02 Å². The second kappa shape index (κ2) is 4.57. The Morgan fingerprint density at radius 2 is 2.05 bits per heavy atom. The van der Waals surface area contributed by atoms with Gasteiger partial charge in [-0.1, -0.05) is 11.6 Å². The van der Waals surface area contributed by atoms with Crippen LogP contribution in [0.3, 0.4) is 0 Å². The lowest BCUT2D eigenvalue weighted by atomic mass is 10.2. The van der Waals surface area contributed by atoms with Gasteiger partial charge < -0.3 is 15.5 Å². The van der Waals surface area contributed by atoms with Crippen LogP contribution in [-0.2, 0) is 0 Å². The minimum atomic E-state index is -0.564. The number of nitrogen functional groups attached to an aromatic ring is 1. The number of rotatable bonds is 2. The molecule has 0 saturated heterocycles. The van der Waals surface area contributed by atoms with Crippen molar-refractivity contribution in [2.45, 2.75) is 0 Å². The minimum Gasteiger partial charge on any atom is -0.408 e. The summed E-state index contributed by atoms with van der Waals surface area (Å²) in [5.74, 6) is -1.03. The van der Waals surface area contributed by atoms with Gasteiger partial charge in [0, 0.05) is 16.8 Å². The Kier molecular flexibility index (Phi) is 2.87. The van der Waals surface area contributed by atoms with Crippen LogP contribution < -0.4 is 16.8 Å². The largest absolute Gasteiger partial charge is 0.417 e. The Morgan fingerprint density at radius 1 is 1.25 bits per heavy atom. The van der Waals surface area contributed by atoms with Gasteiger partial charge in [0.2, 0.25) is 0 Å². The van der Waals surface area contributed by atoms with Gasteiger partial charge in [0.25, 0.3) is 0 Å². The molecule has 0 atom stereocenters. The molecule has 0 unspecified atom stereocenters. The number of aromatic nitrogens is 1. The van der Waals surface area contributed by atoms with Crippen LogP contribution in [-0.4, -0.2) is 4.98 Å². The van der Waals surface area contributed by atoms with Gasteiger partial charge >= 0.3 is 5.76 Å². The van der Waals surface area contributed by atoms with Gasteiger partial charge in [0.1, 0.15) is 5.82 Å². The fourth-order valence-corrected chi connectivity index (χ4v) is 2.12. The lowest BCUT2D eigenvalue weighted by Crippen LogP contribution is -1.97. The maximum absolute atomic E-state index is 13.3. The van der Waals surface area contributed by atoms with Crippen LogP contribution in [0.4, 0.5) is 21.5 Å². The molecule has 7 heteroatoms. The van der Waals surface area contributed by atoms with E-state index in [4.69, 9.17) is 21.8 Å². The summed E-state index contributed by atoms with van der Waals surface area (Å²) in [7, 11) is 0. The van der Waals surface area contributed by atoms with Crippen LogP contribution >= 0.6 is 11.6 Å². The molecule has 0 aliphatic heterocycles. The fraction of sp³-hybridized carbons (Fsp3) is 0. The second-order valence-corrected chi connectivity index (χ2v) is 4.67. The van der Waals surface area contributed by atoms with Crippen LogP contribution in [0.25, 0.3) is 11.1 Å². The summed E-state index contributed by atoms with van der Waals surface area (Å²) in [6.45, 7) is 0. The summed E-state index contributed by atoms with van der Waals surface area (Å²) in [6, 6.07) is 7.16. The van der Waals surface area contributed by atoms with Gasteiger partial charge in [-0.25, -0.2) is 9.18 Å². The summed E-state index contributed by atoms with van der Waals surface area (Å²) < 4.78 is 18.2. The van der Waals surface area contributed by atoms with Gasteiger partial charge in [0.15, 0.2) is 5.58 Å². The van der Waals surface area contributed by atoms with Crippen molar-refractivity contribution in [1.29, 1.82) is 0 Å². The molecular weight excluding hydrogens is 285 g/mol. The van der Waals surface area contributed by atoms with Crippen molar-refractivity contribution >= 4 is 39.8 Å². The van der Waals surface area contributed by atoms with Gasteiger partial charge in [-0.2, -0.15) is 0 Å². The Hall–Kier alpha value is -2.47. The van der Waals surface area contributed by atoms with Gasteiger partial charge in [0.05, 0.1) is 16.9 Å². The molecule has 0 aliphatic carbocycles. The zero-order valence-corrected chi connectivity index (χ0v) is 10.8. The number of hydrogen-bond acceptors (Lipinski definition) is 4. The molecule has 1 aromatic heterocycles. The average molecular weight is 294 g/mol. The number of halogens is 2. The highest BCUT2D eigenvalue weighted by molar-refractivity contribution is 6.30. The molecule has 0 saturated carbocycles. The van der Waals surface area contributed by atoms with E-state index in [1.54, 1.807) is 12.1 Å². The van der Waals surface area contributed by atoms with E-state index in [1.165, 1.54) is 18.2 Å². The van der Waals surface area contributed by atoms with Crippen molar-refractivity contribution in [3.8, 4) is 0 Å². The maximum Gasteiger partial charge on any atom is 0.417 e. The van der Waals surface area contributed by atoms with E-state index in [-0.39, 0.29) is 5.02 Å². The molecule has 20 heavy (non-hydrogen) atoms. The SMILES string of the molecule is Nc1cc2oc(=O)[nH]c2cc1Nc1cc(F)cc(Cl)c1. The normalized spacial score (nSPS) is 10.9. The van der Waals surface area contributed by atoms with E-state index in [0.29, 0.717) is 28.2 Å². The molecule has 0 bridgehead atoms. The molecule has 2 aromatic carbocycles. The maximum atomic E-state index is 13.3. The topological polar surface area (TPSA) is 84.0 Å². The highest BCUT2D eigenvalue weighted by Crippen LogP contribution is 2.29. The predicted octanol–water partition coefficient (Wildman–Crippen LogP) is 3.24. The second-order valence-electron chi connectivity index (χ2n) is 4.23. The Bertz CT molecular complexity index is 836. The standard InChI is InChI=1S/C13H9ClFN3O2/c14-6-1-7(15)3-8(2-6)17-10-5-11-12(4-9(10)16)20-13(19)18-11/h1-5,17H,16H2,(H,18,19). The highest BCUT2D eigenvalue weighted by Gasteiger charge is 2.08. The molecule has 102 valence electrons. The summed E-state index contributed by atoms with van der Waals surface area (Å²) in [4.78, 5) is 13.6. The summed E-state index contributed by atoms with van der Waals surface area (Å²) in [5.41, 5.74) is 8.03. The number of fused-ring (bicyclic) bond motifs is 1. The van der Waals surface area contributed by atoms with Crippen LogP contribution in [0, 0.1) is 5.82 Å². The van der Waals surface area contributed by atoms with E-state index in [9.17, 15) is 9.18 Å². The van der Waals surface area contributed by atoms with Crippen molar-refractivity contribution in [3.63, 3.8) is 0 Å². The van der Waals surface area contributed by atoms with E-state index in [1.807, 2.05) is 0 Å². The first-order valence-corrected chi connectivity index (χ1v) is 6.04. The number of H-pyrrole nitrogens is 1. The van der Waals surface area contributed by atoms with Crippen molar-refractivity contribution in [1.82, 2.24) is 4.98 Å². The molecule has 0 amide bonds. The molecule has 0 fully saturated rings. The van der Waals surface area contributed by atoms with Gasteiger partial charge in [-0.15, -0.1) is 0 Å². The van der Waals surface area contributed by atoms with E-state index in [0.717, 1.165) is 0 Å². The number of nitrogens with one attached hydrogen (secondary N) is 2. The number of aromatic amines is 1. The monoisotopic (exact) mass is 293 g/mol. The number of oxazole rings is 1.